The Kier molecular flexibility index (Phi) is 6.29. The number of nitrogens with zero attached hydrogens (tertiary/aromatic N) is 5. The molecule has 1 aliphatic heterocycles. The molecule has 0 spiro atoms. The van der Waals surface area contributed by atoms with Crippen molar-refractivity contribution in [3.8, 4) is 17.1 Å². The number of aromatic hydroxyl groups is 1. The van der Waals surface area contributed by atoms with Crippen LogP contribution in [0.25, 0.3) is 27.7 Å². The topological polar surface area (TPSA) is 123 Å². The minimum absolute atomic E-state index is 0.0712. The van der Waals surface area contributed by atoms with Crippen molar-refractivity contribution in [3.63, 3.8) is 0 Å². The molecule has 10 nitrogen and oxygen atoms in total. The number of aromatic nitrogens is 5. The summed E-state index contributed by atoms with van der Waals surface area (Å²) >= 11 is 0. The van der Waals surface area contributed by atoms with Gasteiger partial charge >= 0.3 is 0 Å². The molecule has 204 valence electrons. The van der Waals surface area contributed by atoms with Crippen LogP contribution in [0.15, 0.2) is 91.5 Å². The Balaban J connectivity index is 1.02. The van der Waals surface area contributed by atoms with E-state index in [1.54, 1.807) is 16.9 Å². The third-order valence-electron chi connectivity index (χ3n) is 7.54. The van der Waals surface area contributed by atoms with Gasteiger partial charge in [0.2, 0.25) is 0 Å². The summed E-state index contributed by atoms with van der Waals surface area (Å²) in [5.41, 5.74) is 4.92. The van der Waals surface area contributed by atoms with Gasteiger partial charge in [0, 0.05) is 59.5 Å². The molecule has 10 heteroatoms. The minimum atomic E-state index is -0.0712. The van der Waals surface area contributed by atoms with Crippen molar-refractivity contribution in [1.29, 1.82) is 0 Å². The van der Waals surface area contributed by atoms with Crippen molar-refractivity contribution < 1.29 is 9.90 Å². The fourth-order valence-corrected chi connectivity index (χ4v) is 5.43. The highest BCUT2D eigenvalue weighted by Crippen LogP contribution is 2.30. The number of carbonyl (C=O) groups is 1. The van der Waals surface area contributed by atoms with Crippen LogP contribution in [0.5, 0.6) is 5.88 Å². The zero-order valence-electron chi connectivity index (χ0n) is 22.2. The van der Waals surface area contributed by atoms with E-state index in [0.717, 1.165) is 53.8 Å². The van der Waals surface area contributed by atoms with E-state index in [0.29, 0.717) is 17.0 Å². The maximum Gasteiger partial charge on any atom is 0.251 e. The van der Waals surface area contributed by atoms with Crippen molar-refractivity contribution in [2.45, 2.75) is 19.0 Å². The van der Waals surface area contributed by atoms with Gasteiger partial charge in [-0.05, 0) is 48.4 Å². The molecule has 0 unspecified atom stereocenters. The highest BCUT2D eigenvalue weighted by Gasteiger charge is 2.24. The van der Waals surface area contributed by atoms with Crippen LogP contribution in [0.3, 0.4) is 0 Å². The normalized spacial score (nSPS) is 15.5. The summed E-state index contributed by atoms with van der Waals surface area (Å²) < 4.78 is 1.73. The van der Waals surface area contributed by atoms with Crippen LogP contribution in [-0.2, 0) is 6.54 Å². The molecule has 3 aromatic carbocycles. The summed E-state index contributed by atoms with van der Waals surface area (Å²) in [4.78, 5) is 27.2. The van der Waals surface area contributed by atoms with Crippen LogP contribution in [0.4, 0.5) is 11.5 Å². The van der Waals surface area contributed by atoms with Crippen molar-refractivity contribution >= 4 is 33.8 Å². The summed E-state index contributed by atoms with van der Waals surface area (Å²) in [7, 11) is 0. The molecule has 0 radical (unpaired) electrons. The minimum Gasteiger partial charge on any atom is -0.494 e. The lowest BCUT2D eigenvalue weighted by atomic mass is 10.1. The molecule has 1 amide bonds. The Hall–Kier alpha value is -5.22. The van der Waals surface area contributed by atoms with Gasteiger partial charge in [0.25, 0.3) is 5.91 Å². The van der Waals surface area contributed by atoms with Gasteiger partial charge in [0.15, 0.2) is 17.3 Å². The SMILES string of the molecule is O=C(N[C@H]1CCN(Cc2ccccc2)C1)c1ccc(Nc2ncc(-c3ccc4c(O)[nH]cc4c3)n3ncnc23)cc1. The molecule has 0 aliphatic carbocycles. The van der Waals surface area contributed by atoms with Gasteiger partial charge in [-0.2, -0.15) is 5.10 Å². The first-order valence-corrected chi connectivity index (χ1v) is 13.5. The van der Waals surface area contributed by atoms with E-state index >= 15 is 0 Å². The maximum absolute atomic E-state index is 12.9. The first-order chi connectivity index (χ1) is 20.1. The van der Waals surface area contributed by atoms with Crippen LogP contribution in [0.2, 0.25) is 0 Å². The number of rotatable bonds is 7. The lowest BCUT2D eigenvalue weighted by molar-refractivity contribution is 0.0937. The monoisotopic (exact) mass is 544 g/mol. The average molecular weight is 545 g/mol. The molecule has 0 saturated carbocycles. The van der Waals surface area contributed by atoms with Gasteiger partial charge in [-0.3, -0.25) is 9.69 Å². The molecular weight excluding hydrogens is 516 g/mol. The van der Waals surface area contributed by atoms with Gasteiger partial charge < -0.3 is 20.7 Å². The van der Waals surface area contributed by atoms with Crippen LogP contribution in [-0.4, -0.2) is 59.6 Å². The van der Waals surface area contributed by atoms with Gasteiger partial charge in [-0.15, -0.1) is 0 Å². The Morgan fingerprint density at radius 1 is 1.05 bits per heavy atom. The number of amides is 1. The third kappa shape index (κ3) is 4.96. The van der Waals surface area contributed by atoms with E-state index < -0.39 is 0 Å². The van der Waals surface area contributed by atoms with E-state index in [2.05, 4.69) is 59.8 Å². The van der Waals surface area contributed by atoms with Gasteiger partial charge in [0.1, 0.15) is 6.33 Å². The highest BCUT2D eigenvalue weighted by molar-refractivity contribution is 5.95. The molecule has 1 saturated heterocycles. The largest absolute Gasteiger partial charge is 0.494 e. The molecule has 0 bridgehead atoms. The molecule has 41 heavy (non-hydrogen) atoms. The molecule has 1 fully saturated rings. The van der Waals surface area contributed by atoms with Crippen LogP contribution in [0, 0.1) is 0 Å². The number of nitrogens with one attached hydrogen (secondary N) is 3. The molecule has 1 aliphatic rings. The van der Waals surface area contributed by atoms with Crippen LogP contribution < -0.4 is 10.6 Å². The Bertz CT molecular complexity index is 1850. The molecule has 7 rings (SSSR count). The van der Waals surface area contributed by atoms with Crippen molar-refractivity contribution in [3.05, 3.63) is 103 Å². The first-order valence-electron chi connectivity index (χ1n) is 13.5. The number of fused-ring (bicyclic) bond motifs is 2. The predicted molar refractivity (Wildman–Crippen MR) is 157 cm³/mol. The second-order valence-corrected chi connectivity index (χ2v) is 10.3. The number of aromatic amines is 1. The van der Waals surface area contributed by atoms with E-state index in [1.807, 2.05) is 48.5 Å². The summed E-state index contributed by atoms with van der Waals surface area (Å²) in [5.74, 6) is 0.620. The number of carbonyl (C=O) groups excluding carboxylic acids is 1. The van der Waals surface area contributed by atoms with Gasteiger partial charge in [-0.25, -0.2) is 14.5 Å². The summed E-state index contributed by atoms with van der Waals surface area (Å²) in [6.07, 6.45) is 5.93. The summed E-state index contributed by atoms with van der Waals surface area (Å²) in [5, 5.41) is 22.5. The molecular formula is C31H28N8O2. The van der Waals surface area contributed by atoms with E-state index in [9.17, 15) is 9.90 Å². The summed E-state index contributed by atoms with van der Waals surface area (Å²) in [6, 6.07) is 23.6. The summed E-state index contributed by atoms with van der Waals surface area (Å²) in [6.45, 7) is 2.71. The number of benzene rings is 3. The first kappa shape index (κ1) is 24.8. The van der Waals surface area contributed by atoms with Gasteiger partial charge in [-0.1, -0.05) is 36.4 Å². The fraction of sp³-hybridized carbons (Fsp3) is 0.161. The molecule has 4 heterocycles. The smallest absolute Gasteiger partial charge is 0.251 e. The van der Waals surface area contributed by atoms with Crippen LogP contribution in [0.1, 0.15) is 22.3 Å². The maximum atomic E-state index is 12.9. The number of hydrogen-bond donors (Lipinski definition) is 4. The lowest BCUT2D eigenvalue weighted by Crippen LogP contribution is -2.36. The molecule has 1 atom stereocenters. The van der Waals surface area contributed by atoms with E-state index in [-0.39, 0.29) is 17.8 Å². The Morgan fingerprint density at radius 2 is 1.90 bits per heavy atom. The standard InChI is InChI=1S/C31H28N8O2/c40-30(37-25-12-13-38(18-25)17-20-4-2-1-3-5-20)21-6-9-24(10-7-21)36-28-29-34-19-35-39(29)27(16-32-28)22-8-11-26-23(14-22)15-33-31(26)41/h1-11,14-16,19,25,33,41H,12-13,17-18H2,(H,32,36)(H,37,40)/t25-/m0/s1. The molecule has 4 N–H and O–H groups in total. The number of H-pyrrole nitrogens is 1. The second kappa shape index (κ2) is 10.4. The quantitative estimate of drug-likeness (QED) is 0.229. The Morgan fingerprint density at radius 3 is 2.76 bits per heavy atom. The number of hydrogen-bond acceptors (Lipinski definition) is 7. The molecule has 6 aromatic rings. The lowest BCUT2D eigenvalue weighted by Gasteiger charge is -2.17. The second-order valence-electron chi connectivity index (χ2n) is 10.3. The zero-order valence-corrected chi connectivity index (χ0v) is 22.2. The highest BCUT2D eigenvalue weighted by atomic mass is 16.3. The van der Waals surface area contributed by atoms with E-state index in [4.69, 9.17) is 0 Å². The fourth-order valence-electron chi connectivity index (χ4n) is 5.43. The predicted octanol–water partition coefficient (Wildman–Crippen LogP) is 4.73. The van der Waals surface area contributed by atoms with Gasteiger partial charge in [0.05, 0.1) is 11.9 Å². The average Bonchev–Trinajstić information content (AvgIpc) is 3.75. The third-order valence-corrected chi connectivity index (χ3v) is 7.54. The number of likely N-dealkylation sites (tertiary alicyclic amines) is 1. The Labute approximate surface area is 235 Å². The number of anilines is 2. The van der Waals surface area contributed by atoms with E-state index in [1.165, 1.54) is 11.9 Å². The molecule has 3 aromatic heterocycles. The zero-order chi connectivity index (χ0) is 27.8. The van der Waals surface area contributed by atoms with Crippen molar-refractivity contribution in [2.24, 2.45) is 0 Å². The van der Waals surface area contributed by atoms with Crippen LogP contribution >= 0.6 is 0 Å². The van der Waals surface area contributed by atoms with Crippen molar-refractivity contribution in [2.75, 3.05) is 18.4 Å². The van der Waals surface area contributed by atoms with Crippen molar-refractivity contribution in [1.82, 2.24) is 34.8 Å².